The van der Waals surface area contributed by atoms with E-state index in [1.165, 1.54) is 36.2 Å². The van der Waals surface area contributed by atoms with Gasteiger partial charge in [-0.05, 0) is 12.8 Å². The molecule has 1 aromatic heterocycles. The number of ether oxygens (including phenoxy) is 1. The van der Waals surface area contributed by atoms with Crippen LogP contribution in [0.25, 0.3) is 0 Å². The van der Waals surface area contributed by atoms with Crippen LogP contribution in [0.2, 0.25) is 0 Å². The Hall–Kier alpha value is -1.40. The third-order valence-electron chi connectivity index (χ3n) is 5.23. The molecule has 4 rings (SSSR count). The summed E-state index contributed by atoms with van der Waals surface area (Å²) in [5, 5.41) is 11.1. The van der Waals surface area contributed by atoms with Crippen LogP contribution in [0.3, 0.4) is 0 Å². The second-order valence-electron chi connectivity index (χ2n) is 6.69. The van der Waals surface area contributed by atoms with Crippen molar-refractivity contribution >= 4 is 5.91 Å². The summed E-state index contributed by atoms with van der Waals surface area (Å²) >= 11 is 0. The lowest BCUT2D eigenvalue weighted by Crippen LogP contribution is -2.46. The number of nitrogens with zero attached hydrogens (tertiary/aromatic N) is 2. The Balaban J connectivity index is 1.42. The van der Waals surface area contributed by atoms with Crippen molar-refractivity contribution in [1.29, 1.82) is 0 Å². The Kier molecular flexibility index (Phi) is 3.88. The van der Waals surface area contributed by atoms with E-state index in [4.69, 9.17) is 4.74 Å². The maximum Gasteiger partial charge on any atom is 0.224 e. The molecule has 3 heterocycles. The molecule has 6 heteroatoms. The number of aromatic nitrogens is 2. The van der Waals surface area contributed by atoms with E-state index in [9.17, 15) is 4.79 Å². The summed E-state index contributed by atoms with van der Waals surface area (Å²) in [6, 6.07) is 0.165. The fraction of sp³-hybridized carbons (Fsp3) is 0.750. The van der Waals surface area contributed by atoms with E-state index in [0.717, 1.165) is 32.7 Å². The second-order valence-corrected chi connectivity index (χ2v) is 6.69. The number of hydrogen-bond acceptors (Lipinski definition) is 4. The largest absolute Gasteiger partial charge is 0.378 e. The molecule has 2 N–H and O–H groups in total. The van der Waals surface area contributed by atoms with Gasteiger partial charge in [-0.15, -0.1) is 0 Å². The lowest BCUT2D eigenvalue weighted by molar-refractivity contribution is -0.133. The van der Waals surface area contributed by atoms with Crippen LogP contribution in [0.1, 0.15) is 48.6 Å². The lowest BCUT2D eigenvalue weighted by Gasteiger charge is -2.32. The highest BCUT2D eigenvalue weighted by Gasteiger charge is 2.31. The molecule has 3 aliphatic rings. The van der Waals surface area contributed by atoms with Crippen molar-refractivity contribution in [2.75, 3.05) is 26.3 Å². The minimum atomic E-state index is 0.165. The molecule has 1 saturated carbocycles. The number of carbonyl (C=O) groups excluding carboxylic acids is 1. The van der Waals surface area contributed by atoms with E-state index in [1.54, 1.807) is 0 Å². The van der Waals surface area contributed by atoms with Crippen molar-refractivity contribution in [3.63, 3.8) is 0 Å². The predicted octanol–water partition coefficient (Wildman–Crippen LogP) is 0.940. The molecule has 6 nitrogen and oxygen atoms in total. The van der Waals surface area contributed by atoms with Gasteiger partial charge in [0.1, 0.15) is 0 Å². The van der Waals surface area contributed by atoms with Crippen LogP contribution in [0.5, 0.6) is 0 Å². The van der Waals surface area contributed by atoms with Crippen LogP contribution in [-0.4, -0.2) is 53.3 Å². The van der Waals surface area contributed by atoms with Crippen molar-refractivity contribution in [2.24, 2.45) is 0 Å². The molecule has 0 bridgehead atoms. The highest BCUT2D eigenvalue weighted by atomic mass is 16.5. The number of rotatable bonds is 3. The third kappa shape index (κ3) is 2.65. The lowest BCUT2D eigenvalue weighted by atomic mass is 9.81. The molecule has 1 amide bonds. The summed E-state index contributed by atoms with van der Waals surface area (Å²) in [5.74, 6) is 0.845. The van der Waals surface area contributed by atoms with Crippen molar-refractivity contribution in [3.8, 4) is 0 Å². The zero-order valence-corrected chi connectivity index (χ0v) is 12.9. The standard InChI is InChI=1S/C16H24N4O2/c21-15(8-12-10-22-7-5-17-12)20-6-4-14-13(9-20)16(19-18-14)11-2-1-3-11/h11-12,17H,1-10H2,(H,18,19). The zero-order chi connectivity index (χ0) is 14.9. The Bertz CT molecular complexity index is 546. The van der Waals surface area contributed by atoms with E-state index < -0.39 is 0 Å². The Morgan fingerprint density at radius 3 is 3.05 bits per heavy atom. The summed E-state index contributed by atoms with van der Waals surface area (Å²) in [6.45, 7) is 3.76. The monoisotopic (exact) mass is 304 g/mol. The van der Waals surface area contributed by atoms with Gasteiger partial charge in [0.15, 0.2) is 0 Å². The van der Waals surface area contributed by atoms with Crippen molar-refractivity contribution in [1.82, 2.24) is 20.4 Å². The number of nitrogens with one attached hydrogen (secondary N) is 2. The van der Waals surface area contributed by atoms with Gasteiger partial charge in [-0.2, -0.15) is 5.10 Å². The zero-order valence-electron chi connectivity index (χ0n) is 12.9. The number of amides is 1. The molecule has 1 aliphatic carbocycles. The molecule has 2 fully saturated rings. The number of morpholine rings is 1. The van der Waals surface area contributed by atoms with Crippen LogP contribution < -0.4 is 5.32 Å². The van der Waals surface area contributed by atoms with Gasteiger partial charge in [0, 0.05) is 55.7 Å². The maximum atomic E-state index is 12.6. The Labute approximate surface area is 130 Å². The SMILES string of the molecule is O=C(CC1COCCN1)N1CCc2[nH]nc(C3CCC3)c2C1. The van der Waals surface area contributed by atoms with Crippen molar-refractivity contribution < 1.29 is 9.53 Å². The highest BCUT2D eigenvalue weighted by molar-refractivity contribution is 5.77. The highest BCUT2D eigenvalue weighted by Crippen LogP contribution is 2.38. The van der Waals surface area contributed by atoms with E-state index in [2.05, 4.69) is 15.5 Å². The third-order valence-corrected chi connectivity index (χ3v) is 5.23. The first-order chi connectivity index (χ1) is 10.8. The Morgan fingerprint density at radius 2 is 2.32 bits per heavy atom. The number of aromatic amines is 1. The molecule has 0 aromatic carbocycles. The number of hydrogen-bond donors (Lipinski definition) is 2. The van der Waals surface area contributed by atoms with Gasteiger partial charge in [0.2, 0.25) is 5.91 Å². The minimum absolute atomic E-state index is 0.165. The average molecular weight is 304 g/mol. The molecule has 1 saturated heterocycles. The molecular weight excluding hydrogens is 280 g/mol. The second kappa shape index (κ2) is 6.01. The molecule has 0 spiro atoms. The summed E-state index contributed by atoms with van der Waals surface area (Å²) in [5.41, 5.74) is 3.75. The van der Waals surface area contributed by atoms with Crippen molar-refractivity contribution in [2.45, 2.75) is 50.6 Å². The first-order valence-corrected chi connectivity index (χ1v) is 8.46. The van der Waals surface area contributed by atoms with Crippen LogP contribution in [-0.2, 0) is 22.5 Å². The molecule has 22 heavy (non-hydrogen) atoms. The van der Waals surface area contributed by atoms with Gasteiger partial charge >= 0.3 is 0 Å². The van der Waals surface area contributed by atoms with Gasteiger partial charge in [-0.25, -0.2) is 0 Å². The topological polar surface area (TPSA) is 70.2 Å². The van der Waals surface area contributed by atoms with E-state index in [0.29, 0.717) is 18.9 Å². The molecule has 2 aliphatic heterocycles. The molecule has 1 aromatic rings. The quantitative estimate of drug-likeness (QED) is 0.872. The van der Waals surface area contributed by atoms with Gasteiger partial charge in [0.25, 0.3) is 0 Å². The van der Waals surface area contributed by atoms with Crippen molar-refractivity contribution in [3.05, 3.63) is 17.0 Å². The predicted molar refractivity (Wildman–Crippen MR) is 81.5 cm³/mol. The molecular formula is C16H24N4O2. The summed E-state index contributed by atoms with van der Waals surface area (Å²) in [7, 11) is 0. The first kappa shape index (κ1) is 14.2. The van der Waals surface area contributed by atoms with Gasteiger partial charge in [0.05, 0.1) is 18.9 Å². The first-order valence-electron chi connectivity index (χ1n) is 8.46. The van der Waals surface area contributed by atoms with Crippen LogP contribution in [0.15, 0.2) is 0 Å². The average Bonchev–Trinajstić information content (AvgIpc) is 2.90. The number of fused-ring (bicyclic) bond motifs is 1. The molecule has 1 atom stereocenters. The molecule has 1 unspecified atom stereocenters. The maximum absolute atomic E-state index is 12.6. The minimum Gasteiger partial charge on any atom is -0.378 e. The summed E-state index contributed by atoms with van der Waals surface area (Å²) in [6.07, 6.45) is 5.23. The number of H-pyrrole nitrogens is 1. The van der Waals surface area contributed by atoms with Gasteiger partial charge in [-0.1, -0.05) is 6.42 Å². The Morgan fingerprint density at radius 1 is 1.41 bits per heavy atom. The molecule has 0 radical (unpaired) electrons. The fourth-order valence-electron chi connectivity index (χ4n) is 3.64. The van der Waals surface area contributed by atoms with Crippen LogP contribution >= 0.6 is 0 Å². The van der Waals surface area contributed by atoms with E-state index in [-0.39, 0.29) is 11.9 Å². The van der Waals surface area contributed by atoms with Gasteiger partial charge < -0.3 is 15.0 Å². The van der Waals surface area contributed by atoms with Crippen LogP contribution in [0.4, 0.5) is 0 Å². The number of carbonyl (C=O) groups is 1. The fourth-order valence-corrected chi connectivity index (χ4v) is 3.64. The van der Waals surface area contributed by atoms with E-state index >= 15 is 0 Å². The molecule has 120 valence electrons. The summed E-state index contributed by atoms with van der Waals surface area (Å²) < 4.78 is 5.44. The normalized spacial score (nSPS) is 25.6. The smallest absolute Gasteiger partial charge is 0.224 e. The van der Waals surface area contributed by atoms with E-state index in [1.807, 2.05) is 4.90 Å². The van der Waals surface area contributed by atoms with Gasteiger partial charge in [-0.3, -0.25) is 9.89 Å². The summed E-state index contributed by atoms with van der Waals surface area (Å²) in [4.78, 5) is 14.6. The van der Waals surface area contributed by atoms with Crippen LogP contribution in [0, 0.1) is 0 Å².